The first-order chi connectivity index (χ1) is 12.3. The number of Topliss-reactive ketones (excluding diaryl/α,β-unsaturated/α-hetero) is 2. The van der Waals surface area contributed by atoms with Crippen LogP contribution >= 0.6 is 0 Å². The molecular weight excluding hydrogens is 336 g/mol. The average molecular weight is 360 g/mol. The first-order valence-electron chi connectivity index (χ1n) is 8.30. The number of rotatable bonds is 6. The summed E-state index contributed by atoms with van der Waals surface area (Å²) in [7, 11) is 4.46. The van der Waals surface area contributed by atoms with Crippen molar-refractivity contribution in [2.45, 2.75) is 26.7 Å². The predicted molar refractivity (Wildman–Crippen MR) is 95.9 cm³/mol. The van der Waals surface area contributed by atoms with Gasteiger partial charge in [0.1, 0.15) is 11.6 Å². The van der Waals surface area contributed by atoms with Crippen LogP contribution in [0.25, 0.3) is 0 Å². The second kappa shape index (κ2) is 7.72. The number of carbonyl (C=O) groups is 3. The van der Waals surface area contributed by atoms with E-state index in [0.717, 1.165) is 0 Å². The standard InChI is InChI=1S/C20H24O6/c1-10-9-14(23)17(12(3)22)18(16(10)11(2)21)13-7-8-15(24-4)20(26-6)19(13)25-5/h7-9,16-18H,1-6H3. The molecule has 0 saturated heterocycles. The molecule has 1 aliphatic rings. The fourth-order valence-corrected chi connectivity index (χ4v) is 3.83. The quantitative estimate of drug-likeness (QED) is 0.726. The lowest BCUT2D eigenvalue weighted by Gasteiger charge is -2.35. The van der Waals surface area contributed by atoms with E-state index in [1.807, 2.05) is 0 Å². The lowest BCUT2D eigenvalue weighted by Crippen LogP contribution is -2.39. The van der Waals surface area contributed by atoms with Gasteiger partial charge in [0.15, 0.2) is 17.3 Å². The molecule has 1 aromatic rings. The molecule has 0 fully saturated rings. The van der Waals surface area contributed by atoms with E-state index in [-0.39, 0.29) is 17.3 Å². The van der Waals surface area contributed by atoms with Crippen LogP contribution in [0.1, 0.15) is 32.3 Å². The van der Waals surface area contributed by atoms with Crippen molar-refractivity contribution in [3.8, 4) is 17.2 Å². The second-order valence-electron chi connectivity index (χ2n) is 6.42. The van der Waals surface area contributed by atoms with Crippen LogP contribution in [0.5, 0.6) is 17.2 Å². The molecule has 0 saturated carbocycles. The molecule has 0 N–H and O–H groups in total. The summed E-state index contributed by atoms with van der Waals surface area (Å²) >= 11 is 0. The number of ketones is 3. The Hall–Kier alpha value is -2.63. The lowest BCUT2D eigenvalue weighted by atomic mass is 9.66. The maximum Gasteiger partial charge on any atom is 0.203 e. The van der Waals surface area contributed by atoms with Gasteiger partial charge in [0.2, 0.25) is 5.75 Å². The summed E-state index contributed by atoms with van der Waals surface area (Å²) in [6, 6.07) is 3.41. The molecule has 6 nitrogen and oxygen atoms in total. The van der Waals surface area contributed by atoms with E-state index in [4.69, 9.17) is 14.2 Å². The Morgan fingerprint density at radius 1 is 0.885 bits per heavy atom. The van der Waals surface area contributed by atoms with Gasteiger partial charge in [-0.3, -0.25) is 14.4 Å². The van der Waals surface area contributed by atoms with Crippen molar-refractivity contribution < 1.29 is 28.6 Å². The largest absolute Gasteiger partial charge is 0.493 e. The van der Waals surface area contributed by atoms with Crippen molar-refractivity contribution in [3.05, 3.63) is 29.3 Å². The molecule has 0 radical (unpaired) electrons. The van der Waals surface area contributed by atoms with E-state index in [2.05, 4.69) is 0 Å². The number of allylic oxidation sites excluding steroid dienone is 2. The second-order valence-corrected chi connectivity index (χ2v) is 6.42. The number of ether oxygens (including phenoxy) is 3. The van der Waals surface area contributed by atoms with Gasteiger partial charge < -0.3 is 14.2 Å². The molecule has 0 amide bonds. The fourth-order valence-electron chi connectivity index (χ4n) is 3.83. The van der Waals surface area contributed by atoms with Crippen LogP contribution in [0, 0.1) is 11.8 Å². The van der Waals surface area contributed by atoms with Crippen LogP contribution in [0.2, 0.25) is 0 Å². The Kier molecular flexibility index (Phi) is 5.85. The van der Waals surface area contributed by atoms with Crippen LogP contribution in [0.4, 0.5) is 0 Å². The van der Waals surface area contributed by atoms with E-state index in [1.165, 1.54) is 41.3 Å². The Balaban J connectivity index is 2.79. The van der Waals surface area contributed by atoms with Gasteiger partial charge in [-0.05, 0) is 32.9 Å². The Morgan fingerprint density at radius 3 is 1.92 bits per heavy atom. The molecule has 0 heterocycles. The first-order valence-corrected chi connectivity index (χ1v) is 8.30. The van der Waals surface area contributed by atoms with Gasteiger partial charge >= 0.3 is 0 Å². The summed E-state index contributed by atoms with van der Waals surface area (Å²) in [6.45, 7) is 4.57. The summed E-state index contributed by atoms with van der Waals surface area (Å²) in [5.74, 6) is -1.71. The molecule has 1 aromatic carbocycles. The molecule has 140 valence electrons. The molecule has 3 unspecified atom stereocenters. The summed E-state index contributed by atoms with van der Waals surface area (Å²) in [6.07, 6.45) is 1.40. The topological polar surface area (TPSA) is 78.9 Å². The van der Waals surface area contributed by atoms with E-state index in [0.29, 0.717) is 28.4 Å². The molecule has 6 heteroatoms. The van der Waals surface area contributed by atoms with Gasteiger partial charge in [-0.15, -0.1) is 0 Å². The van der Waals surface area contributed by atoms with Gasteiger partial charge in [-0.1, -0.05) is 11.6 Å². The zero-order valence-corrected chi connectivity index (χ0v) is 15.9. The molecular formula is C20H24O6. The maximum absolute atomic E-state index is 12.6. The Bertz CT molecular complexity index is 777. The van der Waals surface area contributed by atoms with E-state index in [9.17, 15) is 14.4 Å². The van der Waals surface area contributed by atoms with Crippen molar-refractivity contribution in [3.63, 3.8) is 0 Å². The van der Waals surface area contributed by atoms with Crippen LogP contribution in [-0.4, -0.2) is 38.7 Å². The van der Waals surface area contributed by atoms with Crippen molar-refractivity contribution in [1.29, 1.82) is 0 Å². The minimum Gasteiger partial charge on any atom is -0.493 e. The van der Waals surface area contributed by atoms with Gasteiger partial charge in [0, 0.05) is 17.4 Å². The highest BCUT2D eigenvalue weighted by Gasteiger charge is 2.45. The zero-order chi connectivity index (χ0) is 19.6. The van der Waals surface area contributed by atoms with E-state index < -0.39 is 17.8 Å². The average Bonchev–Trinajstić information content (AvgIpc) is 2.58. The summed E-state index contributed by atoms with van der Waals surface area (Å²) in [5, 5.41) is 0. The third-order valence-corrected chi connectivity index (χ3v) is 4.85. The smallest absolute Gasteiger partial charge is 0.203 e. The number of benzene rings is 1. The van der Waals surface area contributed by atoms with E-state index >= 15 is 0 Å². The molecule has 0 aliphatic heterocycles. The molecule has 3 atom stereocenters. The van der Waals surface area contributed by atoms with Crippen LogP contribution in [0.15, 0.2) is 23.8 Å². The predicted octanol–water partition coefficient (Wildman–Crippen LogP) is 2.74. The molecule has 1 aliphatic carbocycles. The Labute approximate surface area is 153 Å². The monoisotopic (exact) mass is 360 g/mol. The summed E-state index contributed by atoms with van der Waals surface area (Å²) < 4.78 is 16.2. The van der Waals surface area contributed by atoms with Crippen molar-refractivity contribution >= 4 is 17.3 Å². The molecule has 0 aromatic heterocycles. The Morgan fingerprint density at radius 2 is 1.46 bits per heavy atom. The van der Waals surface area contributed by atoms with Crippen molar-refractivity contribution in [2.24, 2.45) is 11.8 Å². The number of hydrogen-bond acceptors (Lipinski definition) is 6. The number of hydrogen-bond donors (Lipinski definition) is 0. The maximum atomic E-state index is 12.6. The molecule has 2 rings (SSSR count). The van der Waals surface area contributed by atoms with Crippen LogP contribution in [-0.2, 0) is 14.4 Å². The third kappa shape index (κ3) is 3.23. The van der Waals surface area contributed by atoms with Gasteiger partial charge in [0.25, 0.3) is 0 Å². The van der Waals surface area contributed by atoms with Crippen molar-refractivity contribution in [1.82, 2.24) is 0 Å². The van der Waals surface area contributed by atoms with Gasteiger partial charge in [-0.25, -0.2) is 0 Å². The SMILES string of the molecule is COc1ccc(C2C(C(C)=O)C(=O)C=C(C)C2C(C)=O)c(OC)c1OC. The highest BCUT2D eigenvalue weighted by molar-refractivity contribution is 6.10. The molecule has 0 spiro atoms. The normalized spacial score (nSPS) is 22.5. The highest BCUT2D eigenvalue weighted by Crippen LogP contribution is 2.49. The summed E-state index contributed by atoms with van der Waals surface area (Å²) in [4.78, 5) is 37.2. The van der Waals surface area contributed by atoms with E-state index in [1.54, 1.807) is 19.1 Å². The lowest BCUT2D eigenvalue weighted by molar-refractivity contribution is -0.132. The van der Waals surface area contributed by atoms with Gasteiger partial charge in [0.05, 0.1) is 27.2 Å². The van der Waals surface area contributed by atoms with Crippen molar-refractivity contribution in [2.75, 3.05) is 21.3 Å². The molecule has 0 bridgehead atoms. The van der Waals surface area contributed by atoms with Crippen LogP contribution < -0.4 is 14.2 Å². The number of carbonyl (C=O) groups excluding carboxylic acids is 3. The minimum absolute atomic E-state index is 0.112. The van der Waals surface area contributed by atoms with Crippen LogP contribution in [0.3, 0.4) is 0 Å². The zero-order valence-electron chi connectivity index (χ0n) is 15.9. The number of methoxy groups -OCH3 is 3. The first kappa shape index (κ1) is 19.7. The highest BCUT2D eigenvalue weighted by atomic mass is 16.5. The fraction of sp³-hybridized carbons (Fsp3) is 0.450. The summed E-state index contributed by atoms with van der Waals surface area (Å²) in [5.41, 5.74) is 1.22. The molecule has 26 heavy (non-hydrogen) atoms. The minimum atomic E-state index is -0.945. The third-order valence-electron chi connectivity index (χ3n) is 4.85. The van der Waals surface area contributed by atoms with Gasteiger partial charge in [-0.2, -0.15) is 0 Å².